The first-order valence-corrected chi connectivity index (χ1v) is 4.71. The maximum Gasteiger partial charge on any atom is 0.325 e. The van der Waals surface area contributed by atoms with Crippen LogP contribution in [0.2, 0.25) is 0 Å². The lowest BCUT2D eigenvalue weighted by Crippen LogP contribution is -2.26. The Labute approximate surface area is 91.1 Å². The fourth-order valence-electron chi connectivity index (χ4n) is 1.34. The van der Waals surface area contributed by atoms with Crippen LogP contribution in [0.15, 0.2) is 12.5 Å². The number of hydrogen-bond donors (Lipinski definition) is 2. The van der Waals surface area contributed by atoms with Gasteiger partial charge in [-0.3, -0.25) is 9.48 Å². The Bertz CT molecular complexity index is 536. The van der Waals surface area contributed by atoms with Gasteiger partial charge < -0.3 is 10.4 Å². The number of carboxylic acid groups (broad SMARTS) is 1. The number of carboxylic acids is 1. The summed E-state index contributed by atoms with van der Waals surface area (Å²) >= 11 is 0. The molecule has 0 aliphatic heterocycles. The topological polar surface area (TPSA) is 92.9 Å². The molecule has 1 atom stereocenters. The first-order chi connectivity index (χ1) is 7.59. The van der Waals surface area contributed by atoms with Crippen molar-refractivity contribution in [2.24, 2.45) is 7.05 Å². The molecule has 0 aliphatic carbocycles. The molecule has 0 bridgehead atoms. The van der Waals surface area contributed by atoms with Crippen molar-refractivity contribution < 1.29 is 9.90 Å². The van der Waals surface area contributed by atoms with Gasteiger partial charge in [-0.1, -0.05) is 0 Å². The smallest absolute Gasteiger partial charge is 0.325 e. The van der Waals surface area contributed by atoms with E-state index in [4.69, 9.17) is 5.11 Å². The van der Waals surface area contributed by atoms with Gasteiger partial charge in [-0.25, -0.2) is 9.97 Å². The van der Waals surface area contributed by atoms with E-state index in [9.17, 15) is 4.79 Å². The van der Waals surface area contributed by atoms with E-state index in [0.29, 0.717) is 16.9 Å². The van der Waals surface area contributed by atoms with Gasteiger partial charge in [-0.05, 0) is 6.92 Å². The first kappa shape index (κ1) is 10.3. The highest BCUT2D eigenvalue weighted by Gasteiger charge is 2.14. The number of carbonyl (C=O) groups is 1. The molecule has 0 amide bonds. The molecule has 0 unspecified atom stereocenters. The highest BCUT2D eigenvalue weighted by molar-refractivity contribution is 5.88. The van der Waals surface area contributed by atoms with Crippen molar-refractivity contribution in [1.82, 2.24) is 19.7 Å². The van der Waals surface area contributed by atoms with Crippen LogP contribution in [0, 0.1) is 0 Å². The van der Waals surface area contributed by atoms with Gasteiger partial charge in [0.15, 0.2) is 5.65 Å². The lowest BCUT2D eigenvalue weighted by molar-refractivity contribution is -0.137. The number of anilines is 1. The quantitative estimate of drug-likeness (QED) is 0.771. The monoisotopic (exact) mass is 221 g/mol. The predicted molar refractivity (Wildman–Crippen MR) is 57.0 cm³/mol. The molecule has 0 aliphatic rings. The summed E-state index contributed by atoms with van der Waals surface area (Å²) in [5.74, 6) is -0.455. The molecule has 0 saturated heterocycles. The molecule has 2 aromatic rings. The molecular weight excluding hydrogens is 210 g/mol. The minimum atomic E-state index is -0.935. The van der Waals surface area contributed by atoms with Crippen molar-refractivity contribution in [3.8, 4) is 0 Å². The third-order valence-corrected chi connectivity index (χ3v) is 2.25. The molecule has 7 nitrogen and oxygen atoms in total. The van der Waals surface area contributed by atoms with Crippen LogP contribution in [0.5, 0.6) is 0 Å². The van der Waals surface area contributed by atoms with Crippen molar-refractivity contribution in [1.29, 1.82) is 0 Å². The number of aliphatic carboxylic acids is 1. The minimum absolute atomic E-state index is 0.480. The predicted octanol–water partition coefficient (Wildman–Crippen LogP) is 0.248. The van der Waals surface area contributed by atoms with Crippen molar-refractivity contribution in [3.05, 3.63) is 12.5 Å². The Kier molecular flexibility index (Phi) is 2.43. The van der Waals surface area contributed by atoms with E-state index in [1.54, 1.807) is 24.9 Å². The van der Waals surface area contributed by atoms with Gasteiger partial charge in [-0.2, -0.15) is 5.10 Å². The Morgan fingerprint density at radius 3 is 3.00 bits per heavy atom. The van der Waals surface area contributed by atoms with Gasteiger partial charge in [0.2, 0.25) is 0 Å². The van der Waals surface area contributed by atoms with Gasteiger partial charge in [0.05, 0.1) is 11.6 Å². The third-order valence-electron chi connectivity index (χ3n) is 2.25. The fraction of sp³-hybridized carbons (Fsp3) is 0.333. The van der Waals surface area contributed by atoms with Crippen molar-refractivity contribution in [3.63, 3.8) is 0 Å². The molecule has 0 aromatic carbocycles. The van der Waals surface area contributed by atoms with Crippen LogP contribution in [0.25, 0.3) is 11.0 Å². The summed E-state index contributed by atoms with van der Waals surface area (Å²) in [6.07, 6.45) is 2.98. The highest BCUT2D eigenvalue weighted by atomic mass is 16.4. The van der Waals surface area contributed by atoms with Crippen LogP contribution in [0.4, 0.5) is 5.82 Å². The van der Waals surface area contributed by atoms with Gasteiger partial charge in [0, 0.05) is 7.05 Å². The first-order valence-electron chi connectivity index (χ1n) is 4.71. The summed E-state index contributed by atoms with van der Waals surface area (Å²) < 4.78 is 1.60. The number of nitrogens with zero attached hydrogens (tertiary/aromatic N) is 4. The average molecular weight is 221 g/mol. The second-order valence-corrected chi connectivity index (χ2v) is 3.43. The van der Waals surface area contributed by atoms with Crippen LogP contribution in [-0.4, -0.2) is 36.9 Å². The molecule has 7 heteroatoms. The van der Waals surface area contributed by atoms with Gasteiger partial charge >= 0.3 is 5.97 Å². The van der Waals surface area contributed by atoms with Crippen LogP contribution < -0.4 is 5.32 Å². The number of fused-ring (bicyclic) bond motifs is 1. The molecule has 16 heavy (non-hydrogen) atoms. The number of rotatable bonds is 3. The Hall–Kier alpha value is -2.18. The molecule has 0 radical (unpaired) electrons. The lowest BCUT2D eigenvalue weighted by Gasteiger charge is -2.09. The molecule has 0 fully saturated rings. The number of hydrogen-bond acceptors (Lipinski definition) is 5. The van der Waals surface area contributed by atoms with Gasteiger partial charge in [0.25, 0.3) is 0 Å². The average Bonchev–Trinajstić information content (AvgIpc) is 2.62. The molecular formula is C9H11N5O2. The van der Waals surface area contributed by atoms with Crippen molar-refractivity contribution >= 4 is 22.8 Å². The molecule has 84 valence electrons. The SMILES string of the molecule is C[C@@H](Nc1ncnc2c1cnn2C)C(=O)O. The van der Waals surface area contributed by atoms with Gasteiger partial charge in [-0.15, -0.1) is 0 Å². The second kappa shape index (κ2) is 3.76. The van der Waals surface area contributed by atoms with E-state index >= 15 is 0 Å². The van der Waals surface area contributed by atoms with E-state index < -0.39 is 12.0 Å². The summed E-state index contributed by atoms with van der Waals surface area (Å²) in [5.41, 5.74) is 0.662. The normalized spacial score (nSPS) is 12.6. The van der Waals surface area contributed by atoms with Crippen LogP contribution >= 0.6 is 0 Å². The van der Waals surface area contributed by atoms with E-state index in [0.717, 1.165) is 0 Å². The zero-order valence-corrected chi connectivity index (χ0v) is 8.88. The zero-order chi connectivity index (χ0) is 11.7. The molecule has 2 aromatic heterocycles. The van der Waals surface area contributed by atoms with Crippen molar-refractivity contribution in [2.75, 3.05) is 5.32 Å². The largest absolute Gasteiger partial charge is 0.480 e. The van der Waals surface area contributed by atoms with E-state index in [1.807, 2.05) is 0 Å². The van der Waals surface area contributed by atoms with Crippen molar-refractivity contribution in [2.45, 2.75) is 13.0 Å². The second-order valence-electron chi connectivity index (χ2n) is 3.43. The fourth-order valence-corrected chi connectivity index (χ4v) is 1.34. The standard InChI is InChI=1S/C9H11N5O2/c1-5(9(15)16)13-7-6-3-12-14(2)8(6)11-4-10-7/h3-5H,1-2H3,(H,15,16)(H,10,11,13)/t5-/m1/s1. The highest BCUT2D eigenvalue weighted by Crippen LogP contribution is 2.18. The Morgan fingerprint density at radius 1 is 1.56 bits per heavy atom. The number of nitrogens with one attached hydrogen (secondary N) is 1. The Balaban J connectivity index is 2.41. The summed E-state index contributed by atoms with van der Waals surface area (Å²) in [5, 5.41) is 16.3. The van der Waals surface area contributed by atoms with E-state index in [2.05, 4.69) is 20.4 Å². The van der Waals surface area contributed by atoms with Crippen LogP contribution in [0.1, 0.15) is 6.92 Å². The molecule has 0 saturated carbocycles. The molecule has 2 N–H and O–H groups in total. The summed E-state index contributed by atoms with van der Waals surface area (Å²) in [6, 6.07) is -0.710. The lowest BCUT2D eigenvalue weighted by atomic mass is 10.3. The number of aromatic nitrogens is 4. The third kappa shape index (κ3) is 1.67. The van der Waals surface area contributed by atoms with E-state index in [-0.39, 0.29) is 0 Å². The summed E-state index contributed by atoms with van der Waals surface area (Å²) in [7, 11) is 1.76. The molecule has 0 spiro atoms. The van der Waals surface area contributed by atoms with Crippen LogP contribution in [0.3, 0.4) is 0 Å². The van der Waals surface area contributed by atoms with Gasteiger partial charge in [0.1, 0.15) is 18.2 Å². The van der Waals surface area contributed by atoms with Crippen LogP contribution in [-0.2, 0) is 11.8 Å². The maximum absolute atomic E-state index is 10.7. The Morgan fingerprint density at radius 2 is 2.31 bits per heavy atom. The van der Waals surface area contributed by atoms with E-state index in [1.165, 1.54) is 6.33 Å². The zero-order valence-electron chi connectivity index (χ0n) is 8.88. The summed E-state index contributed by atoms with van der Waals surface area (Å²) in [6.45, 7) is 1.55. The minimum Gasteiger partial charge on any atom is -0.480 e. The summed E-state index contributed by atoms with van der Waals surface area (Å²) in [4.78, 5) is 18.8. The molecule has 2 rings (SSSR count). The molecule has 2 heterocycles. The maximum atomic E-state index is 10.7. The number of aryl methyl sites for hydroxylation is 1.